The Bertz CT molecular complexity index is 993. The second kappa shape index (κ2) is 9.94. The van der Waals surface area contributed by atoms with Crippen molar-refractivity contribution >= 4 is 12.0 Å². The Morgan fingerprint density at radius 2 is 2.00 bits per heavy atom. The zero-order valence-electron chi connectivity index (χ0n) is 17.7. The molecule has 3 rings (SSSR count). The highest BCUT2D eigenvalue weighted by Crippen LogP contribution is 2.39. The van der Waals surface area contributed by atoms with Crippen LogP contribution in [0.3, 0.4) is 0 Å². The van der Waals surface area contributed by atoms with Crippen molar-refractivity contribution in [3.05, 3.63) is 81.9 Å². The van der Waals surface area contributed by atoms with Crippen molar-refractivity contribution < 1.29 is 22.8 Å². The van der Waals surface area contributed by atoms with Gasteiger partial charge in [0.05, 0.1) is 11.3 Å². The van der Waals surface area contributed by atoms with E-state index in [-0.39, 0.29) is 12.5 Å². The molecule has 0 aromatic heterocycles. The molecular formula is C25H26F3NO2. The number of alkyl halides is 3. The minimum atomic E-state index is -4.41. The molecular weight excluding hydrogens is 403 g/mol. The molecule has 2 aromatic rings. The first-order valence-corrected chi connectivity index (χ1v) is 10.4. The number of oxime groups is 1. The third-order valence-corrected chi connectivity index (χ3v) is 5.63. The fraction of sp³-hybridized carbons (Fsp3) is 0.360. The highest BCUT2D eigenvalue weighted by molar-refractivity contribution is 5.99. The Morgan fingerprint density at radius 1 is 1.19 bits per heavy atom. The maximum atomic E-state index is 13.7. The van der Waals surface area contributed by atoms with E-state index in [2.05, 4.69) is 5.16 Å². The number of rotatable bonds is 7. The van der Waals surface area contributed by atoms with E-state index in [9.17, 15) is 18.0 Å². The molecule has 1 atom stereocenters. The van der Waals surface area contributed by atoms with Crippen LogP contribution in [0.2, 0.25) is 0 Å². The van der Waals surface area contributed by atoms with Crippen LogP contribution in [0.5, 0.6) is 0 Å². The van der Waals surface area contributed by atoms with Gasteiger partial charge in [0, 0.05) is 5.56 Å². The van der Waals surface area contributed by atoms with E-state index in [4.69, 9.17) is 4.84 Å². The van der Waals surface area contributed by atoms with Gasteiger partial charge in [-0.2, -0.15) is 13.2 Å². The van der Waals surface area contributed by atoms with Crippen molar-refractivity contribution in [2.75, 3.05) is 0 Å². The molecule has 0 bridgehead atoms. The van der Waals surface area contributed by atoms with Crippen LogP contribution in [0.25, 0.3) is 0 Å². The third-order valence-electron chi connectivity index (χ3n) is 5.63. The number of benzene rings is 2. The lowest BCUT2D eigenvalue weighted by Crippen LogP contribution is -2.14. The molecule has 31 heavy (non-hydrogen) atoms. The van der Waals surface area contributed by atoms with Crippen LogP contribution in [0, 0.1) is 0 Å². The Morgan fingerprint density at radius 3 is 2.65 bits per heavy atom. The van der Waals surface area contributed by atoms with E-state index in [0.717, 1.165) is 30.3 Å². The van der Waals surface area contributed by atoms with Gasteiger partial charge < -0.3 is 4.84 Å². The van der Waals surface area contributed by atoms with Crippen LogP contribution >= 0.6 is 0 Å². The standard InChI is InChI=1S/C25H26F3NO2/c1-3-19-14-21(10-11-22(19)15-30)17(2)29-31-16-18-9-12-23(20-7-5-4-6-8-20)24(13-18)25(26,27)28/h4-5,9-15,20H,3,6-8,16H2,1-2H3/b29-17+. The predicted octanol–water partition coefficient (Wildman–Crippen LogP) is 6.84. The lowest BCUT2D eigenvalue weighted by atomic mass is 9.84. The molecule has 0 radical (unpaired) electrons. The van der Waals surface area contributed by atoms with Crippen molar-refractivity contribution in [1.82, 2.24) is 0 Å². The summed E-state index contributed by atoms with van der Waals surface area (Å²) in [6.07, 6.45) is 3.23. The molecule has 0 heterocycles. The Hall–Kier alpha value is -2.89. The zero-order valence-corrected chi connectivity index (χ0v) is 17.7. The summed E-state index contributed by atoms with van der Waals surface area (Å²) in [6.45, 7) is 3.66. The molecule has 0 spiro atoms. The van der Waals surface area contributed by atoms with Gasteiger partial charge in [0.1, 0.15) is 12.9 Å². The van der Waals surface area contributed by atoms with Gasteiger partial charge >= 0.3 is 6.18 Å². The number of carbonyl (C=O) groups is 1. The molecule has 6 heteroatoms. The smallest absolute Gasteiger partial charge is 0.391 e. The maximum Gasteiger partial charge on any atom is 0.416 e. The highest BCUT2D eigenvalue weighted by atomic mass is 19.4. The highest BCUT2D eigenvalue weighted by Gasteiger charge is 2.35. The summed E-state index contributed by atoms with van der Waals surface area (Å²) >= 11 is 0. The van der Waals surface area contributed by atoms with E-state index in [1.54, 1.807) is 31.2 Å². The number of halogens is 3. The molecule has 0 aliphatic heterocycles. The van der Waals surface area contributed by atoms with Crippen LogP contribution in [-0.4, -0.2) is 12.0 Å². The molecule has 0 saturated heterocycles. The van der Waals surface area contributed by atoms with Gasteiger partial charge in [-0.3, -0.25) is 4.79 Å². The summed E-state index contributed by atoms with van der Waals surface area (Å²) in [6, 6.07) is 9.82. The van der Waals surface area contributed by atoms with Crippen LogP contribution in [0.4, 0.5) is 13.2 Å². The van der Waals surface area contributed by atoms with Gasteiger partial charge in [-0.1, -0.05) is 48.5 Å². The zero-order chi connectivity index (χ0) is 22.4. The molecule has 0 fully saturated rings. The molecule has 1 aliphatic rings. The number of hydrogen-bond donors (Lipinski definition) is 0. The maximum absolute atomic E-state index is 13.7. The Labute approximate surface area is 180 Å². The molecule has 0 N–H and O–H groups in total. The van der Waals surface area contributed by atoms with Crippen LogP contribution in [-0.2, 0) is 24.0 Å². The number of carbonyl (C=O) groups excluding carboxylic acids is 1. The lowest BCUT2D eigenvalue weighted by molar-refractivity contribution is -0.138. The summed E-state index contributed by atoms with van der Waals surface area (Å²) in [7, 11) is 0. The number of nitrogens with zero attached hydrogens (tertiary/aromatic N) is 1. The van der Waals surface area contributed by atoms with Crippen molar-refractivity contribution in [1.29, 1.82) is 0 Å². The van der Waals surface area contributed by atoms with Crippen LogP contribution < -0.4 is 0 Å². The second-order valence-electron chi connectivity index (χ2n) is 7.74. The number of hydrogen-bond acceptors (Lipinski definition) is 3. The van der Waals surface area contributed by atoms with E-state index in [1.807, 2.05) is 25.1 Å². The quantitative estimate of drug-likeness (QED) is 0.209. The third kappa shape index (κ3) is 5.63. The monoisotopic (exact) mass is 429 g/mol. The van der Waals surface area contributed by atoms with Gasteiger partial charge in [0.2, 0.25) is 0 Å². The molecule has 3 nitrogen and oxygen atoms in total. The topological polar surface area (TPSA) is 38.7 Å². The Balaban J connectivity index is 1.75. The normalized spacial score (nSPS) is 16.9. The van der Waals surface area contributed by atoms with Gasteiger partial charge in [0.25, 0.3) is 0 Å². The summed E-state index contributed by atoms with van der Waals surface area (Å²) in [5.74, 6) is -0.112. The Kier molecular flexibility index (Phi) is 7.31. The van der Waals surface area contributed by atoms with Gasteiger partial charge in [-0.25, -0.2) is 0 Å². The first kappa shape index (κ1) is 22.8. The number of allylic oxidation sites excluding steroid dienone is 2. The van der Waals surface area contributed by atoms with E-state index in [1.165, 1.54) is 6.07 Å². The summed E-state index contributed by atoms with van der Waals surface area (Å²) in [4.78, 5) is 16.4. The van der Waals surface area contributed by atoms with Crippen LogP contribution in [0.1, 0.15) is 77.2 Å². The molecule has 1 aliphatic carbocycles. The van der Waals surface area contributed by atoms with Gasteiger partial charge in [-0.05, 0) is 72.9 Å². The fourth-order valence-electron chi connectivity index (χ4n) is 3.88. The largest absolute Gasteiger partial charge is 0.416 e. The van der Waals surface area contributed by atoms with E-state index in [0.29, 0.717) is 35.2 Å². The fourth-order valence-corrected chi connectivity index (χ4v) is 3.88. The van der Waals surface area contributed by atoms with Crippen molar-refractivity contribution in [3.63, 3.8) is 0 Å². The number of aryl methyl sites for hydroxylation is 1. The SMILES string of the molecule is CCc1cc(/C(C)=N/OCc2ccc(C3CC=CCC3)c(C(F)(F)F)c2)ccc1C=O. The summed E-state index contributed by atoms with van der Waals surface area (Å²) < 4.78 is 41.0. The predicted molar refractivity (Wildman–Crippen MR) is 115 cm³/mol. The van der Waals surface area contributed by atoms with E-state index >= 15 is 0 Å². The van der Waals surface area contributed by atoms with Gasteiger partial charge in [-0.15, -0.1) is 0 Å². The van der Waals surface area contributed by atoms with Crippen molar-refractivity contribution in [3.8, 4) is 0 Å². The number of aldehydes is 1. The first-order chi connectivity index (χ1) is 14.8. The van der Waals surface area contributed by atoms with Crippen LogP contribution in [0.15, 0.2) is 53.7 Å². The minimum absolute atomic E-state index is 0.0572. The average molecular weight is 429 g/mol. The molecule has 0 saturated carbocycles. The minimum Gasteiger partial charge on any atom is -0.391 e. The molecule has 164 valence electrons. The summed E-state index contributed by atoms with van der Waals surface area (Å²) in [5.41, 5.74) is 3.12. The average Bonchev–Trinajstić information content (AvgIpc) is 2.78. The van der Waals surface area contributed by atoms with Crippen molar-refractivity contribution in [2.24, 2.45) is 5.16 Å². The van der Waals surface area contributed by atoms with Crippen molar-refractivity contribution in [2.45, 2.75) is 58.2 Å². The van der Waals surface area contributed by atoms with E-state index < -0.39 is 11.7 Å². The molecule has 1 unspecified atom stereocenters. The summed E-state index contributed by atoms with van der Waals surface area (Å²) in [5, 5.41) is 4.06. The molecule has 2 aromatic carbocycles. The van der Waals surface area contributed by atoms with Gasteiger partial charge in [0.15, 0.2) is 0 Å². The first-order valence-electron chi connectivity index (χ1n) is 10.4. The lowest BCUT2D eigenvalue weighted by Gasteiger charge is -2.23. The second-order valence-corrected chi connectivity index (χ2v) is 7.74. The molecule has 0 amide bonds.